The first-order valence-corrected chi connectivity index (χ1v) is 6.27. The predicted molar refractivity (Wildman–Crippen MR) is 64.9 cm³/mol. The van der Waals surface area contributed by atoms with Crippen molar-refractivity contribution < 1.29 is 19.5 Å². The first-order valence-electron chi connectivity index (χ1n) is 6.27. The van der Waals surface area contributed by atoms with Crippen LogP contribution in [-0.4, -0.2) is 46.4 Å². The highest BCUT2D eigenvalue weighted by atomic mass is 16.4. The average molecular weight is 256 g/mol. The molecule has 0 bridgehead atoms. The van der Waals surface area contributed by atoms with Crippen molar-refractivity contribution in [2.75, 3.05) is 6.54 Å². The van der Waals surface area contributed by atoms with Crippen LogP contribution in [-0.2, 0) is 14.4 Å². The zero-order chi connectivity index (χ0) is 13.7. The minimum absolute atomic E-state index is 0.0449. The summed E-state index contributed by atoms with van der Waals surface area (Å²) in [4.78, 5) is 35.3. The van der Waals surface area contributed by atoms with Crippen molar-refractivity contribution in [1.29, 1.82) is 0 Å². The van der Waals surface area contributed by atoms with Crippen molar-refractivity contribution >= 4 is 17.8 Å². The van der Waals surface area contributed by atoms with Gasteiger partial charge < -0.3 is 15.3 Å². The number of aliphatic carboxylic acids is 1. The summed E-state index contributed by atoms with van der Waals surface area (Å²) in [5, 5.41) is 11.7. The normalized spacial score (nSPS) is 20.9. The van der Waals surface area contributed by atoms with Gasteiger partial charge in [-0.15, -0.1) is 0 Å². The number of hydrogen-bond acceptors (Lipinski definition) is 3. The van der Waals surface area contributed by atoms with E-state index in [0.717, 1.165) is 17.7 Å². The molecule has 18 heavy (non-hydrogen) atoms. The fourth-order valence-corrected chi connectivity index (χ4v) is 2.17. The molecule has 2 atom stereocenters. The van der Waals surface area contributed by atoms with E-state index in [1.807, 2.05) is 13.8 Å². The molecule has 0 aromatic heterocycles. The van der Waals surface area contributed by atoms with E-state index >= 15 is 0 Å². The van der Waals surface area contributed by atoms with Crippen molar-refractivity contribution in [3.8, 4) is 0 Å². The molecule has 1 saturated heterocycles. The summed E-state index contributed by atoms with van der Waals surface area (Å²) < 4.78 is 0. The smallest absolute Gasteiger partial charge is 0.326 e. The van der Waals surface area contributed by atoms with Crippen molar-refractivity contribution in [3.05, 3.63) is 0 Å². The van der Waals surface area contributed by atoms with E-state index < -0.39 is 12.0 Å². The quantitative estimate of drug-likeness (QED) is 0.718. The van der Waals surface area contributed by atoms with Gasteiger partial charge in [0.2, 0.25) is 11.8 Å². The maximum Gasteiger partial charge on any atom is 0.326 e. The molecule has 2 N–H and O–H groups in total. The van der Waals surface area contributed by atoms with Gasteiger partial charge in [-0.3, -0.25) is 9.59 Å². The lowest BCUT2D eigenvalue weighted by molar-refractivity contribution is -0.147. The number of carbonyl (C=O) groups is 3. The Balaban J connectivity index is 2.51. The first-order chi connectivity index (χ1) is 8.45. The van der Waals surface area contributed by atoms with Crippen molar-refractivity contribution in [1.82, 2.24) is 10.2 Å². The Bertz CT molecular complexity index is 343. The Morgan fingerprint density at radius 3 is 2.78 bits per heavy atom. The van der Waals surface area contributed by atoms with E-state index in [-0.39, 0.29) is 37.2 Å². The van der Waals surface area contributed by atoms with Gasteiger partial charge in [-0.1, -0.05) is 13.3 Å². The molecule has 0 aliphatic carbocycles. The Morgan fingerprint density at radius 2 is 2.22 bits per heavy atom. The van der Waals surface area contributed by atoms with Gasteiger partial charge in [0.05, 0.1) is 0 Å². The van der Waals surface area contributed by atoms with Gasteiger partial charge in [-0.05, 0) is 19.8 Å². The maximum absolute atomic E-state index is 11.7. The largest absolute Gasteiger partial charge is 0.480 e. The van der Waals surface area contributed by atoms with Crippen molar-refractivity contribution in [2.45, 2.75) is 51.6 Å². The SMILES string of the molecule is CCCC(C)NC(=O)CN1C(=O)CCC1C(=O)O. The molecule has 2 amide bonds. The summed E-state index contributed by atoms with van der Waals surface area (Å²) in [7, 11) is 0. The van der Waals surface area contributed by atoms with E-state index in [1.54, 1.807) is 0 Å². The number of carboxylic acids is 1. The molecule has 0 spiro atoms. The standard InChI is InChI=1S/C12H20N2O4/c1-3-4-8(2)13-10(15)7-14-9(12(17)18)5-6-11(14)16/h8-9H,3-7H2,1-2H3,(H,13,15)(H,17,18). The van der Waals surface area contributed by atoms with Gasteiger partial charge in [-0.2, -0.15) is 0 Å². The zero-order valence-electron chi connectivity index (χ0n) is 10.8. The van der Waals surface area contributed by atoms with Gasteiger partial charge in [0, 0.05) is 12.5 Å². The number of carboxylic acid groups (broad SMARTS) is 1. The molecule has 6 nitrogen and oxygen atoms in total. The molecule has 102 valence electrons. The minimum atomic E-state index is -1.05. The van der Waals surface area contributed by atoms with Crippen LogP contribution in [0.15, 0.2) is 0 Å². The van der Waals surface area contributed by atoms with E-state index in [4.69, 9.17) is 5.11 Å². The molecule has 1 heterocycles. The van der Waals surface area contributed by atoms with Crippen LogP contribution >= 0.6 is 0 Å². The number of carbonyl (C=O) groups excluding carboxylic acids is 2. The highest BCUT2D eigenvalue weighted by Crippen LogP contribution is 2.18. The van der Waals surface area contributed by atoms with E-state index in [0.29, 0.717) is 0 Å². The van der Waals surface area contributed by atoms with Crippen LogP contribution in [0, 0.1) is 0 Å². The van der Waals surface area contributed by atoms with Crippen LogP contribution in [0.3, 0.4) is 0 Å². The lowest BCUT2D eigenvalue weighted by atomic mass is 10.2. The van der Waals surface area contributed by atoms with Crippen molar-refractivity contribution in [2.24, 2.45) is 0 Å². The molecular formula is C12H20N2O4. The molecule has 2 unspecified atom stereocenters. The second-order valence-corrected chi connectivity index (χ2v) is 4.67. The van der Waals surface area contributed by atoms with Gasteiger partial charge >= 0.3 is 5.97 Å². The van der Waals surface area contributed by atoms with Crippen molar-refractivity contribution in [3.63, 3.8) is 0 Å². The third-order valence-corrected chi connectivity index (χ3v) is 3.06. The van der Waals surface area contributed by atoms with Crippen LogP contribution in [0.4, 0.5) is 0 Å². The second kappa shape index (κ2) is 6.37. The van der Waals surface area contributed by atoms with Gasteiger partial charge in [0.1, 0.15) is 12.6 Å². The topological polar surface area (TPSA) is 86.7 Å². The highest BCUT2D eigenvalue weighted by Gasteiger charge is 2.36. The lowest BCUT2D eigenvalue weighted by Gasteiger charge is -2.22. The Labute approximate surface area is 106 Å². The molecule has 1 rings (SSSR count). The van der Waals surface area contributed by atoms with Crippen LogP contribution in [0.1, 0.15) is 39.5 Å². The molecule has 0 aromatic carbocycles. The summed E-state index contributed by atoms with van der Waals surface area (Å²) in [6.45, 7) is 3.75. The fraction of sp³-hybridized carbons (Fsp3) is 0.750. The third kappa shape index (κ3) is 3.72. The lowest BCUT2D eigenvalue weighted by Crippen LogP contribution is -2.46. The summed E-state index contributed by atoms with van der Waals surface area (Å²) in [5.41, 5.74) is 0. The number of amides is 2. The number of likely N-dealkylation sites (tertiary alicyclic amines) is 1. The highest BCUT2D eigenvalue weighted by molar-refractivity contribution is 5.91. The fourth-order valence-electron chi connectivity index (χ4n) is 2.17. The second-order valence-electron chi connectivity index (χ2n) is 4.67. The molecule has 6 heteroatoms. The molecule has 0 aromatic rings. The van der Waals surface area contributed by atoms with E-state index in [1.165, 1.54) is 0 Å². The molecule has 1 fully saturated rings. The molecular weight excluding hydrogens is 236 g/mol. The minimum Gasteiger partial charge on any atom is -0.480 e. The van der Waals surface area contributed by atoms with Gasteiger partial charge in [0.15, 0.2) is 0 Å². The Hall–Kier alpha value is -1.59. The molecule has 0 saturated carbocycles. The van der Waals surface area contributed by atoms with Gasteiger partial charge in [-0.25, -0.2) is 4.79 Å². The first kappa shape index (κ1) is 14.5. The zero-order valence-corrected chi connectivity index (χ0v) is 10.8. The number of hydrogen-bond donors (Lipinski definition) is 2. The summed E-state index contributed by atoms with van der Waals surface area (Å²) in [5.74, 6) is -1.60. The monoisotopic (exact) mass is 256 g/mol. The number of nitrogens with zero attached hydrogens (tertiary/aromatic N) is 1. The summed E-state index contributed by atoms with van der Waals surface area (Å²) in [6, 6.07) is -0.812. The third-order valence-electron chi connectivity index (χ3n) is 3.06. The summed E-state index contributed by atoms with van der Waals surface area (Å²) >= 11 is 0. The van der Waals surface area contributed by atoms with Gasteiger partial charge in [0.25, 0.3) is 0 Å². The van der Waals surface area contributed by atoms with Crippen LogP contribution in [0.5, 0.6) is 0 Å². The predicted octanol–water partition coefficient (Wildman–Crippen LogP) is 0.367. The molecule has 1 aliphatic heterocycles. The van der Waals surface area contributed by atoms with Crippen LogP contribution < -0.4 is 5.32 Å². The Kier molecular flexibility index (Phi) is 5.12. The number of nitrogens with one attached hydrogen (secondary N) is 1. The van der Waals surface area contributed by atoms with Crippen LogP contribution in [0.25, 0.3) is 0 Å². The Morgan fingerprint density at radius 1 is 1.56 bits per heavy atom. The average Bonchev–Trinajstić information content (AvgIpc) is 2.60. The van der Waals surface area contributed by atoms with E-state index in [9.17, 15) is 14.4 Å². The molecule has 1 aliphatic rings. The number of rotatable bonds is 6. The maximum atomic E-state index is 11.7. The molecule has 0 radical (unpaired) electrons. The van der Waals surface area contributed by atoms with E-state index in [2.05, 4.69) is 5.32 Å². The summed E-state index contributed by atoms with van der Waals surface area (Å²) in [6.07, 6.45) is 2.31. The van der Waals surface area contributed by atoms with Crippen LogP contribution in [0.2, 0.25) is 0 Å².